The molecule has 0 unspecified atom stereocenters. The highest BCUT2D eigenvalue weighted by Gasteiger charge is 2.27. The van der Waals surface area contributed by atoms with Gasteiger partial charge in [-0.05, 0) is 49.6 Å². The molecule has 0 aliphatic carbocycles. The van der Waals surface area contributed by atoms with E-state index >= 15 is 0 Å². The van der Waals surface area contributed by atoms with E-state index in [0.717, 1.165) is 17.5 Å². The minimum Gasteiger partial charge on any atom is -0.352 e. The van der Waals surface area contributed by atoms with Gasteiger partial charge in [-0.3, -0.25) is 9.59 Å². The maximum atomic E-state index is 13.0. The van der Waals surface area contributed by atoms with E-state index in [9.17, 15) is 14.0 Å². The predicted octanol–water partition coefficient (Wildman–Crippen LogP) is 5.04. The van der Waals surface area contributed by atoms with Gasteiger partial charge >= 0.3 is 0 Å². The van der Waals surface area contributed by atoms with Crippen molar-refractivity contribution < 1.29 is 14.0 Å². The second-order valence-corrected chi connectivity index (χ2v) is 8.62. The first-order chi connectivity index (χ1) is 14.3. The Hall–Kier alpha value is -2.05. The van der Waals surface area contributed by atoms with Gasteiger partial charge in [-0.2, -0.15) is 0 Å². The zero-order chi connectivity index (χ0) is 22.1. The molecule has 0 aliphatic rings. The minimum atomic E-state index is -0.630. The third-order valence-corrected chi connectivity index (χ3v) is 6.23. The molecule has 2 atom stereocenters. The van der Waals surface area contributed by atoms with Crippen molar-refractivity contribution in [1.29, 1.82) is 0 Å². The third-order valence-electron chi connectivity index (χ3n) is 4.87. The molecule has 2 aromatic carbocycles. The number of carbonyl (C=O) groups excluding carboxylic acids is 2. The summed E-state index contributed by atoms with van der Waals surface area (Å²) < 4.78 is 13.0. The molecule has 0 saturated heterocycles. The SMILES string of the molecule is CC[C@@H](C)NC(=O)[C@H](C)N(Cc1ccccc1Cl)C(=O)CSCc1ccc(F)cc1. The largest absolute Gasteiger partial charge is 0.352 e. The van der Waals surface area contributed by atoms with Crippen molar-refractivity contribution in [2.45, 2.75) is 51.6 Å². The molecule has 2 aromatic rings. The Balaban J connectivity index is 2.08. The van der Waals surface area contributed by atoms with Gasteiger partial charge in [0.25, 0.3) is 0 Å². The van der Waals surface area contributed by atoms with Crippen LogP contribution in [0.4, 0.5) is 4.39 Å². The zero-order valence-corrected chi connectivity index (χ0v) is 19.1. The Kier molecular flexibility index (Phi) is 9.66. The zero-order valence-electron chi connectivity index (χ0n) is 17.5. The molecule has 0 heterocycles. The van der Waals surface area contributed by atoms with E-state index in [1.54, 1.807) is 30.0 Å². The number of nitrogens with zero attached hydrogens (tertiary/aromatic N) is 1. The lowest BCUT2D eigenvalue weighted by atomic mass is 10.1. The van der Waals surface area contributed by atoms with Gasteiger partial charge in [0.15, 0.2) is 0 Å². The first kappa shape index (κ1) is 24.2. The molecule has 1 N–H and O–H groups in total. The average molecular weight is 451 g/mol. The van der Waals surface area contributed by atoms with Crippen LogP contribution in [0.5, 0.6) is 0 Å². The first-order valence-electron chi connectivity index (χ1n) is 9.97. The molecule has 2 amide bonds. The van der Waals surface area contributed by atoms with Crippen LogP contribution in [0, 0.1) is 5.82 Å². The number of halogens is 2. The van der Waals surface area contributed by atoms with E-state index in [1.807, 2.05) is 32.0 Å². The lowest BCUT2D eigenvalue weighted by Crippen LogP contribution is -2.50. The second-order valence-electron chi connectivity index (χ2n) is 7.23. The van der Waals surface area contributed by atoms with E-state index < -0.39 is 6.04 Å². The van der Waals surface area contributed by atoms with E-state index in [0.29, 0.717) is 10.8 Å². The molecular weight excluding hydrogens is 423 g/mol. The van der Waals surface area contributed by atoms with Crippen molar-refractivity contribution in [3.63, 3.8) is 0 Å². The molecule has 4 nitrogen and oxygen atoms in total. The van der Waals surface area contributed by atoms with Crippen molar-refractivity contribution in [1.82, 2.24) is 10.2 Å². The highest BCUT2D eigenvalue weighted by atomic mass is 35.5. The molecule has 0 saturated carbocycles. The summed E-state index contributed by atoms with van der Waals surface area (Å²) in [6.45, 7) is 5.92. The molecule has 162 valence electrons. The van der Waals surface area contributed by atoms with Gasteiger partial charge in [-0.1, -0.05) is 48.9 Å². The smallest absolute Gasteiger partial charge is 0.242 e. The van der Waals surface area contributed by atoms with Crippen molar-refractivity contribution in [3.05, 3.63) is 70.5 Å². The molecule has 2 rings (SSSR count). The maximum absolute atomic E-state index is 13.0. The van der Waals surface area contributed by atoms with Crippen LogP contribution in [-0.4, -0.2) is 34.6 Å². The van der Waals surface area contributed by atoms with Gasteiger partial charge in [-0.25, -0.2) is 4.39 Å². The number of thioether (sulfide) groups is 1. The quantitative estimate of drug-likeness (QED) is 0.551. The fourth-order valence-electron chi connectivity index (χ4n) is 2.78. The summed E-state index contributed by atoms with van der Waals surface area (Å²) in [7, 11) is 0. The minimum absolute atomic E-state index is 0.0325. The Bertz CT molecular complexity index is 847. The number of carbonyl (C=O) groups is 2. The maximum Gasteiger partial charge on any atom is 0.242 e. The van der Waals surface area contributed by atoms with Crippen LogP contribution in [0.1, 0.15) is 38.3 Å². The van der Waals surface area contributed by atoms with Gasteiger partial charge in [0.1, 0.15) is 11.9 Å². The summed E-state index contributed by atoms with van der Waals surface area (Å²) in [5.41, 5.74) is 1.73. The first-order valence-corrected chi connectivity index (χ1v) is 11.5. The third kappa shape index (κ3) is 7.33. The van der Waals surface area contributed by atoms with E-state index in [1.165, 1.54) is 23.9 Å². The fourth-order valence-corrected chi connectivity index (χ4v) is 3.84. The van der Waals surface area contributed by atoms with Gasteiger partial charge in [0, 0.05) is 23.4 Å². The Morgan fingerprint density at radius 1 is 1.13 bits per heavy atom. The Morgan fingerprint density at radius 3 is 2.43 bits per heavy atom. The normalized spacial score (nSPS) is 12.8. The lowest BCUT2D eigenvalue weighted by molar-refractivity contribution is -0.138. The highest BCUT2D eigenvalue weighted by molar-refractivity contribution is 7.99. The van der Waals surface area contributed by atoms with Crippen LogP contribution in [0.15, 0.2) is 48.5 Å². The molecular formula is C23H28ClFN2O2S. The molecule has 7 heteroatoms. The summed E-state index contributed by atoms with van der Waals surface area (Å²) in [5, 5.41) is 3.50. The molecule has 0 aliphatic heterocycles. The summed E-state index contributed by atoms with van der Waals surface area (Å²) in [4.78, 5) is 27.3. The van der Waals surface area contributed by atoms with E-state index in [-0.39, 0.29) is 36.0 Å². The van der Waals surface area contributed by atoms with Gasteiger partial charge in [0.05, 0.1) is 5.75 Å². The number of nitrogens with one attached hydrogen (secondary N) is 1. The van der Waals surface area contributed by atoms with Crippen LogP contribution in [0.25, 0.3) is 0 Å². The van der Waals surface area contributed by atoms with Crippen LogP contribution in [-0.2, 0) is 21.9 Å². The van der Waals surface area contributed by atoms with Gasteiger partial charge < -0.3 is 10.2 Å². The molecule has 0 fully saturated rings. The topological polar surface area (TPSA) is 49.4 Å². The number of hydrogen-bond acceptors (Lipinski definition) is 3. The highest BCUT2D eigenvalue weighted by Crippen LogP contribution is 2.20. The number of rotatable bonds is 10. The standard InChI is InChI=1S/C23H28ClFN2O2S/c1-4-16(2)26-23(29)17(3)27(13-19-7-5-6-8-21(19)24)22(28)15-30-14-18-9-11-20(25)12-10-18/h5-12,16-17H,4,13-15H2,1-3H3,(H,26,29)/t16-,17+/m1/s1. The fraction of sp³-hybridized carbons (Fsp3) is 0.391. The molecule has 0 bridgehead atoms. The lowest BCUT2D eigenvalue weighted by Gasteiger charge is -2.30. The monoisotopic (exact) mass is 450 g/mol. The summed E-state index contributed by atoms with van der Waals surface area (Å²) in [6, 6.07) is 12.9. The van der Waals surface area contributed by atoms with Gasteiger partial charge in [-0.15, -0.1) is 11.8 Å². The number of hydrogen-bond donors (Lipinski definition) is 1. The number of amides is 2. The molecule has 0 spiro atoms. The van der Waals surface area contributed by atoms with Gasteiger partial charge in [0.2, 0.25) is 11.8 Å². The van der Waals surface area contributed by atoms with Crippen molar-refractivity contribution in [2.75, 3.05) is 5.75 Å². The average Bonchev–Trinajstić information content (AvgIpc) is 2.73. The van der Waals surface area contributed by atoms with E-state index in [2.05, 4.69) is 5.32 Å². The van der Waals surface area contributed by atoms with Crippen molar-refractivity contribution in [2.24, 2.45) is 0 Å². The van der Waals surface area contributed by atoms with E-state index in [4.69, 9.17) is 11.6 Å². The Labute approximate surface area is 187 Å². The molecule has 0 aromatic heterocycles. The van der Waals surface area contributed by atoms with Crippen LogP contribution >= 0.6 is 23.4 Å². The second kappa shape index (κ2) is 12.0. The van der Waals surface area contributed by atoms with Crippen molar-refractivity contribution in [3.8, 4) is 0 Å². The summed E-state index contributed by atoms with van der Waals surface area (Å²) in [6.07, 6.45) is 0.810. The van der Waals surface area contributed by atoms with Crippen LogP contribution in [0.2, 0.25) is 5.02 Å². The Morgan fingerprint density at radius 2 is 1.80 bits per heavy atom. The number of benzene rings is 2. The summed E-state index contributed by atoms with van der Waals surface area (Å²) >= 11 is 7.72. The van der Waals surface area contributed by atoms with Crippen LogP contribution < -0.4 is 5.32 Å². The molecule has 30 heavy (non-hydrogen) atoms. The predicted molar refractivity (Wildman–Crippen MR) is 122 cm³/mol. The summed E-state index contributed by atoms with van der Waals surface area (Å²) in [5.74, 6) is 0.177. The molecule has 0 radical (unpaired) electrons. The van der Waals surface area contributed by atoms with Crippen LogP contribution in [0.3, 0.4) is 0 Å². The van der Waals surface area contributed by atoms with Crippen molar-refractivity contribution >= 4 is 35.2 Å².